The Bertz CT molecular complexity index is 824. The average molecular weight is 480 g/mol. The lowest BCUT2D eigenvalue weighted by Crippen LogP contribution is -2.53. The van der Waals surface area contributed by atoms with Crippen LogP contribution >= 0.6 is 0 Å². The van der Waals surface area contributed by atoms with Crippen molar-refractivity contribution in [1.82, 2.24) is 10.6 Å². The van der Waals surface area contributed by atoms with Crippen LogP contribution in [0.15, 0.2) is 18.2 Å². The number of halogens is 6. The normalized spacial score (nSPS) is 24.9. The second kappa shape index (κ2) is 9.09. The Labute approximate surface area is 189 Å². The highest BCUT2D eigenvalue weighted by Crippen LogP contribution is 2.47. The van der Waals surface area contributed by atoms with Gasteiger partial charge in [0.2, 0.25) is 5.91 Å². The lowest BCUT2D eigenvalue weighted by Gasteiger charge is -2.39. The molecule has 0 heterocycles. The quantitative estimate of drug-likeness (QED) is 0.492. The van der Waals surface area contributed by atoms with E-state index in [0.717, 1.165) is 25.7 Å². The zero-order valence-corrected chi connectivity index (χ0v) is 18.7. The van der Waals surface area contributed by atoms with E-state index in [1.54, 1.807) is 0 Å². The fraction of sp³-hybridized carbons (Fsp3) is 0.696. The molecule has 33 heavy (non-hydrogen) atoms. The van der Waals surface area contributed by atoms with Crippen LogP contribution in [0.25, 0.3) is 0 Å². The predicted molar refractivity (Wildman–Crippen MR) is 110 cm³/mol. The smallest absolute Gasteiger partial charge is 0.389 e. The van der Waals surface area contributed by atoms with Crippen molar-refractivity contribution in [2.24, 2.45) is 5.41 Å². The minimum Gasteiger partial charge on any atom is -0.389 e. The van der Waals surface area contributed by atoms with Crippen molar-refractivity contribution in [3.05, 3.63) is 34.9 Å². The predicted octanol–water partition coefficient (Wildman–Crippen LogP) is 5.18. The molecule has 2 fully saturated rings. The topological polar surface area (TPSA) is 61.4 Å². The van der Waals surface area contributed by atoms with Crippen molar-refractivity contribution >= 4 is 5.91 Å². The van der Waals surface area contributed by atoms with Gasteiger partial charge in [-0.1, -0.05) is 12.8 Å². The number of nitrogens with one attached hydrogen (secondary N) is 2. The number of hydrogen-bond acceptors (Lipinski definition) is 3. The standard InChI is InChI=1S/C23H30F6N2O2/c1-20(2,33)21(8-7-18(12-21)31-17-5-3-4-6-17)19(32)30-13-14-9-15(22(24,25)26)11-16(10-14)23(27,28)29/h9-11,17-18,31,33H,3-8,12-13H2,1-2H3,(H,30,32)/t18-,21-/m1/s1. The van der Waals surface area contributed by atoms with Crippen molar-refractivity contribution in [3.63, 3.8) is 0 Å². The maximum Gasteiger partial charge on any atom is 0.416 e. The van der Waals surface area contributed by atoms with Crippen LogP contribution in [0.5, 0.6) is 0 Å². The third kappa shape index (κ3) is 5.82. The molecule has 2 atom stereocenters. The van der Waals surface area contributed by atoms with E-state index in [9.17, 15) is 36.2 Å². The van der Waals surface area contributed by atoms with Gasteiger partial charge in [0.05, 0.1) is 22.1 Å². The molecule has 186 valence electrons. The van der Waals surface area contributed by atoms with Gasteiger partial charge in [-0.3, -0.25) is 4.79 Å². The third-order valence-corrected chi connectivity index (χ3v) is 7.05. The summed E-state index contributed by atoms with van der Waals surface area (Å²) < 4.78 is 78.7. The number of benzene rings is 1. The van der Waals surface area contributed by atoms with Crippen molar-refractivity contribution in [2.45, 2.75) is 95.4 Å². The molecule has 0 unspecified atom stereocenters. The second-order valence-electron chi connectivity index (χ2n) is 9.83. The van der Waals surface area contributed by atoms with Crippen LogP contribution in [0, 0.1) is 5.41 Å². The summed E-state index contributed by atoms with van der Waals surface area (Å²) in [4.78, 5) is 13.2. The maximum atomic E-state index is 13.2. The number of alkyl halides is 6. The molecular weight excluding hydrogens is 450 g/mol. The molecule has 0 saturated heterocycles. The molecule has 0 aliphatic heterocycles. The Kier molecular flexibility index (Phi) is 7.11. The first-order valence-electron chi connectivity index (χ1n) is 11.2. The van der Waals surface area contributed by atoms with Crippen LogP contribution < -0.4 is 10.6 Å². The second-order valence-corrected chi connectivity index (χ2v) is 9.83. The van der Waals surface area contributed by atoms with Crippen molar-refractivity contribution < 1.29 is 36.2 Å². The molecule has 10 heteroatoms. The summed E-state index contributed by atoms with van der Waals surface area (Å²) in [7, 11) is 0. The number of hydrogen-bond donors (Lipinski definition) is 3. The number of carbonyl (C=O) groups is 1. The Hall–Kier alpha value is -1.81. The number of rotatable bonds is 6. The van der Waals surface area contributed by atoms with Gasteiger partial charge < -0.3 is 15.7 Å². The van der Waals surface area contributed by atoms with E-state index < -0.39 is 46.9 Å². The Balaban J connectivity index is 1.77. The van der Waals surface area contributed by atoms with Crippen LogP contribution in [-0.2, 0) is 23.7 Å². The molecule has 0 aromatic heterocycles. The lowest BCUT2D eigenvalue weighted by molar-refractivity contribution is -0.146. The van der Waals surface area contributed by atoms with E-state index in [0.29, 0.717) is 37.4 Å². The summed E-state index contributed by atoms with van der Waals surface area (Å²) in [6.07, 6.45) is -4.19. The summed E-state index contributed by atoms with van der Waals surface area (Å²) >= 11 is 0. The molecule has 1 amide bonds. The summed E-state index contributed by atoms with van der Waals surface area (Å²) in [6, 6.07) is 1.63. The summed E-state index contributed by atoms with van der Waals surface area (Å²) in [5.74, 6) is -0.573. The van der Waals surface area contributed by atoms with Crippen LogP contribution in [-0.4, -0.2) is 28.7 Å². The van der Waals surface area contributed by atoms with E-state index >= 15 is 0 Å². The molecule has 0 spiro atoms. The SMILES string of the molecule is CC(C)(O)[C@]1(C(=O)NCc2cc(C(F)(F)F)cc(C(F)(F)F)c2)CC[C@@H](NC2CCCC2)C1. The molecule has 2 aliphatic rings. The molecule has 0 radical (unpaired) electrons. The number of carbonyl (C=O) groups excluding carboxylic acids is 1. The summed E-state index contributed by atoms with van der Waals surface area (Å²) in [5.41, 5.74) is -5.79. The van der Waals surface area contributed by atoms with Crippen LogP contribution in [0.4, 0.5) is 26.3 Å². The number of aliphatic hydroxyl groups is 1. The van der Waals surface area contributed by atoms with Gasteiger partial charge >= 0.3 is 12.4 Å². The molecule has 2 aliphatic carbocycles. The van der Waals surface area contributed by atoms with E-state index in [1.165, 1.54) is 13.8 Å². The first kappa shape index (κ1) is 25.8. The van der Waals surface area contributed by atoms with E-state index in [4.69, 9.17) is 0 Å². The highest BCUT2D eigenvalue weighted by atomic mass is 19.4. The van der Waals surface area contributed by atoms with Crippen molar-refractivity contribution in [1.29, 1.82) is 0 Å². The Morgan fingerprint density at radius 2 is 1.52 bits per heavy atom. The highest BCUT2D eigenvalue weighted by Gasteiger charge is 2.54. The lowest BCUT2D eigenvalue weighted by atomic mass is 9.71. The molecule has 4 nitrogen and oxygen atoms in total. The average Bonchev–Trinajstić information content (AvgIpc) is 3.35. The molecule has 0 bridgehead atoms. The molecule has 3 rings (SSSR count). The Morgan fingerprint density at radius 1 is 0.970 bits per heavy atom. The molecule has 2 saturated carbocycles. The molecule has 1 aromatic carbocycles. The zero-order valence-electron chi connectivity index (χ0n) is 18.7. The van der Waals surface area contributed by atoms with Crippen molar-refractivity contribution in [2.75, 3.05) is 0 Å². The Morgan fingerprint density at radius 3 is 2.00 bits per heavy atom. The van der Waals surface area contributed by atoms with Gasteiger partial charge in [0.1, 0.15) is 0 Å². The first-order chi connectivity index (χ1) is 15.1. The van der Waals surface area contributed by atoms with Gasteiger partial charge in [0.15, 0.2) is 0 Å². The summed E-state index contributed by atoms with van der Waals surface area (Å²) in [6.45, 7) is 2.51. The van der Waals surface area contributed by atoms with Gasteiger partial charge in [0, 0.05) is 18.6 Å². The third-order valence-electron chi connectivity index (χ3n) is 7.05. The maximum absolute atomic E-state index is 13.2. The van der Waals surface area contributed by atoms with E-state index in [1.807, 2.05) is 0 Å². The number of amides is 1. The minimum absolute atomic E-state index is 0.00987. The van der Waals surface area contributed by atoms with Crippen LogP contribution in [0.1, 0.15) is 75.5 Å². The fourth-order valence-corrected chi connectivity index (χ4v) is 5.13. The highest BCUT2D eigenvalue weighted by molar-refractivity contribution is 5.84. The largest absolute Gasteiger partial charge is 0.416 e. The molecule has 3 N–H and O–H groups in total. The van der Waals surface area contributed by atoms with Gasteiger partial charge in [-0.2, -0.15) is 26.3 Å². The van der Waals surface area contributed by atoms with Crippen molar-refractivity contribution in [3.8, 4) is 0 Å². The van der Waals surface area contributed by atoms with Gasteiger partial charge in [-0.05, 0) is 69.7 Å². The zero-order chi connectivity index (χ0) is 24.7. The van der Waals surface area contributed by atoms with Crippen LogP contribution in [0.3, 0.4) is 0 Å². The fourth-order valence-electron chi connectivity index (χ4n) is 5.13. The molecule has 1 aromatic rings. The van der Waals surface area contributed by atoms with Gasteiger partial charge in [-0.15, -0.1) is 0 Å². The molecular formula is C23H30F6N2O2. The van der Waals surface area contributed by atoms with E-state index in [-0.39, 0.29) is 17.7 Å². The first-order valence-corrected chi connectivity index (χ1v) is 11.2. The monoisotopic (exact) mass is 480 g/mol. The van der Waals surface area contributed by atoms with Crippen LogP contribution in [0.2, 0.25) is 0 Å². The van der Waals surface area contributed by atoms with E-state index in [2.05, 4.69) is 10.6 Å². The minimum atomic E-state index is -4.96. The van der Waals surface area contributed by atoms with Gasteiger partial charge in [0.25, 0.3) is 0 Å². The summed E-state index contributed by atoms with van der Waals surface area (Å²) in [5, 5.41) is 16.9. The van der Waals surface area contributed by atoms with Gasteiger partial charge in [-0.25, -0.2) is 0 Å².